The zero-order chi connectivity index (χ0) is 19.6. The van der Waals surface area contributed by atoms with Crippen LogP contribution < -0.4 is 15.8 Å². The minimum atomic E-state index is -0.493. The van der Waals surface area contributed by atoms with Gasteiger partial charge in [-0.1, -0.05) is 24.9 Å². The molecule has 144 valence electrons. The third-order valence-electron chi connectivity index (χ3n) is 4.94. The lowest BCUT2D eigenvalue weighted by molar-refractivity contribution is -0.118. The van der Waals surface area contributed by atoms with E-state index in [1.54, 1.807) is 18.2 Å². The first-order valence-electron chi connectivity index (χ1n) is 9.02. The fourth-order valence-electron chi connectivity index (χ4n) is 3.43. The maximum atomic E-state index is 12.4. The van der Waals surface area contributed by atoms with E-state index in [4.69, 9.17) is 22.1 Å². The van der Waals surface area contributed by atoms with Crippen LogP contribution in [0.2, 0.25) is 5.02 Å². The first-order valence-corrected chi connectivity index (χ1v) is 10.2. The molecule has 2 amide bonds. The lowest BCUT2D eigenvalue weighted by atomic mass is 9.85. The largest absolute Gasteiger partial charge is 0.483 e. The van der Waals surface area contributed by atoms with Crippen molar-refractivity contribution >= 4 is 39.8 Å². The number of halogens is 1. The van der Waals surface area contributed by atoms with Crippen LogP contribution in [0.3, 0.4) is 0 Å². The Bertz CT molecular complexity index is 878. The average molecular weight is 407 g/mol. The minimum absolute atomic E-state index is 0.152. The Morgan fingerprint density at radius 2 is 2.19 bits per heavy atom. The number of carbonyl (C=O) groups is 2. The lowest BCUT2D eigenvalue weighted by Crippen LogP contribution is -2.23. The van der Waals surface area contributed by atoms with Gasteiger partial charge >= 0.3 is 0 Å². The van der Waals surface area contributed by atoms with Gasteiger partial charge in [-0.2, -0.15) is 0 Å². The molecule has 27 heavy (non-hydrogen) atoms. The summed E-state index contributed by atoms with van der Waals surface area (Å²) in [6.45, 7) is 3.89. The third kappa shape index (κ3) is 4.45. The standard InChI is InChI=1S/C20H23ClN2O3S/c1-3-12-4-6-14-16(9-12)27-20(18(14)19(22)25)23-17(24)10-26-15-7-5-13(21)8-11(15)2/h5,7-8,12H,3-4,6,9-10H2,1-2H3,(H2,22,25)(H,23,24). The molecule has 1 aromatic heterocycles. The molecule has 3 rings (SSSR count). The van der Waals surface area contributed by atoms with Gasteiger partial charge in [-0.15, -0.1) is 11.3 Å². The van der Waals surface area contributed by atoms with Gasteiger partial charge in [-0.25, -0.2) is 0 Å². The van der Waals surface area contributed by atoms with Crippen molar-refractivity contribution in [3.8, 4) is 5.75 Å². The Labute approximate surface area is 167 Å². The van der Waals surface area contributed by atoms with Gasteiger partial charge in [-0.3, -0.25) is 9.59 Å². The van der Waals surface area contributed by atoms with Crippen LogP contribution in [0.5, 0.6) is 5.75 Å². The molecule has 7 heteroatoms. The van der Waals surface area contributed by atoms with Crippen molar-refractivity contribution in [1.29, 1.82) is 0 Å². The van der Waals surface area contributed by atoms with Crippen LogP contribution in [0, 0.1) is 12.8 Å². The highest BCUT2D eigenvalue weighted by molar-refractivity contribution is 7.17. The Kier molecular flexibility index (Phi) is 6.07. The molecule has 5 nitrogen and oxygen atoms in total. The summed E-state index contributed by atoms with van der Waals surface area (Å²) in [5.74, 6) is 0.405. The Morgan fingerprint density at radius 1 is 1.41 bits per heavy atom. The van der Waals surface area contributed by atoms with E-state index >= 15 is 0 Å². The monoisotopic (exact) mass is 406 g/mol. The maximum Gasteiger partial charge on any atom is 0.262 e. The van der Waals surface area contributed by atoms with Crippen LogP contribution in [0.15, 0.2) is 18.2 Å². The summed E-state index contributed by atoms with van der Waals surface area (Å²) in [5, 5.41) is 3.96. The molecule has 3 N–H and O–H groups in total. The normalized spacial score (nSPS) is 15.9. The number of rotatable bonds is 6. The first-order chi connectivity index (χ1) is 12.9. The van der Waals surface area contributed by atoms with Gasteiger partial charge < -0.3 is 15.8 Å². The SMILES string of the molecule is CCC1CCc2c(sc(NC(=O)COc3ccc(Cl)cc3C)c2C(N)=O)C1. The molecule has 0 saturated heterocycles. The van der Waals surface area contributed by atoms with Gasteiger partial charge in [0, 0.05) is 9.90 Å². The van der Waals surface area contributed by atoms with Gasteiger partial charge in [0.2, 0.25) is 0 Å². The lowest BCUT2D eigenvalue weighted by Gasteiger charge is -2.20. The number of nitrogens with one attached hydrogen (secondary N) is 1. The highest BCUT2D eigenvalue weighted by Crippen LogP contribution is 2.40. The first kappa shape index (κ1) is 19.7. The molecule has 0 bridgehead atoms. The molecule has 0 fully saturated rings. The number of aryl methyl sites for hydroxylation is 1. The summed E-state index contributed by atoms with van der Waals surface area (Å²) in [4.78, 5) is 25.5. The van der Waals surface area contributed by atoms with E-state index in [1.165, 1.54) is 11.3 Å². The molecule has 0 spiro atoms. The number of amides is 2. The number of hydrogen-bond acceptors (Lipinski definition) is 4. The molecular formula is C20H23ClN2O3S. The molecule has 2 aromatic rings. The molecular weight excluding hydrogens is 384 g/mol. The maximum absolute atomic E-state index is 12.4. The molecule has 1 aliphatic rings. The van der Waals surface area contributed by atoms with E-state index in [0.29, 0.717) is 27.3 Å². The molecule has 1 aromatic carbocycles. The second-order valence-corrected chi connectivity index (χ2v) is 8.38. The number of nitrogens with two attached hydrogens (primary N) is 1. The second-order valence-electron chi connectivity index (χ2n) is 6.84. The molecule has 1 heterocycles. The third-order valence-corrected chi connectivity index (χ3v) is 6.34. The predicted octanol–water partition coefficient (Wildman–Crippen LogP) is 4.34. The Balaban J connectivity index is 1.72. The van der Waals surface area contributed by atoms with E-state index in [0.717, 1.165) is 41.7 Å². The number of fused-ring (bicyclic) bond motifs is 1. The summed E-state index contributed by atoms with van der Waals surface area (Å²) >= 11 is 7.39. The number of carbonyl (C=O) groups excluding carboxylic acids is 2. The van der Waals surface area contributed by atoms with Crippen molar-refractivity contribution in [2.45, 2.75) is 39.5 Å². The molecule has 0 radical (unpaired) electrons. The van der Waals surface area contributed by atoms with Crippen molar-refractivity contribution in [2.75, 3.05) is 11.9 Å². The summed E-state index contributed by atoms with van der Waals surface area (Å²) in [7, 11) is 0. The van der Waals surface area contributed by atoms with Crippen molar-refractivity contribution in [2.24, 2.45) is 11.7 Å². The zero-order valence-corrected chi connectivity index (χ0v) is 17.0. The van der Waals surface area contributed by atoms with E-state index in [1.807, 2.05) is 6.92 Å². The highest BCUT2D eigenvalue weighted by Gasteiger charge is 2.28. The van der Waals surface area contributed by atoms with Gasteiger partial charge in [0.1, 0.15) is 10.8 Å². The van der Waals surface area contributed by atoms with Crippen LogP contribution >= 0.6 is 22.9 Å². The molecule has 0 saturated carbocycles. The summed E-state index contributed by atoms with van der Waals surface area (Å²) in [6.07, 6.45) is 3.93. The van der Waals surface area contributed by atoms with E-state index in [-0.39, 0.29) is 12.5 Å². The van der Waals surface area contributed by atoms with Crippen LogP contribution in [-0.4, -0.2) is 18.4 Å². The number of hydrogen-bond donors (Lipinski definition) is 2. The van der Waals surface area contributed by atoms with Gasteiger partial charge in [0.05, 0.1) is 5.56 Å². The van der Waals surface area contributed by atoms with Crippen molar-refractivity contribution in [1.82, 2.24) is 0 Å². The average Bonchev–Trinajstić information content (AvgIpc) is 2.97. The zero-order valence-electron chi connectivity index (χ0n) is 15.4. The van der Waals surface area contributed by atoms with Crippen molar-refractivity contribution < 1.29 is 14.3 Å². The number of primary amides is 1. The fourth-order valence-corrected chi connectivity index (χ4v) is 5.04. The van der Waals surface area contributed by atoms with Crippen LogP contribution in [0.25, 0.3) is 0 Å². The molecule has 0 aliphatic heterocycles. The second kappa shape index (κ2) is 8.31. The molecule has 1 aliphatic carbocycles. The predicted molar refractivity (Wildman–Crippen MR) is 109 cm³/mol. The van der Waals surface area contributed by atoms with Crippen LogP contribution in [0.4, 0.5) is 5.00 Å². The van der Waals surface area contributed by atoms with Crippen LogP contribution in [0.1, 0.15) is 46.1 Å². The number of ether oxygens (including phenoxy) is 1. The smallest absolute Gasteiger partial charge is 0.262 e. The summed E-state index contributed by atoms with van der Waals surface area (Å²) in [5.41, 5.74) is 7.91. The van der Waals surface area contributed by atoms with Crippen LogP contribution in [-0.2, 0) is 17.6 Å². The van der Waals surface area contributed by atoms with Gasteiger partial charge in [0.25, 0.3) is 11.8 Å². The molecule has 1 unspecified atom stereocenters. The number of thiophene rings is 1. The van der Waals surface area contributed by atoms with E-state index in [9.17, 15) is 9.59 Å². The highest BCUT2D eigenvalue weighted by atomic mass is 35.5. The topological polar surface area (TPSA) is 81.4 Å². The minimum Gasteiger partial charge on any atom is -0.483 e. The van der Waals surface area contributed by atoms with Gasteiger partial charge in [-0.05, 0) is 61.4 Å². The van der Waals surface area contributed by atoms with Gasteiger partial charge in [0.15, 0.2) is 6.61 Å². The van der Waals surface area contributed by atoms with E-state index < -0.39 is 5.91 Å². The molecule has 1 atom stereocenters. The Hall–Kier alpha value is -2.05. The summed E-state index contributed by atoms with van der Waals surface area (Å²) < 4.78 is 5.58. The fraction of sp³-hybridized carbons (Fsp3) is 0.400. The Morgan fingerprint density at radius 3 is 2.85 bits per heavy atom. The summed E-state index contributed by atoms with van der Waals surface area (Å²) in [6, 6.07) is 5.22. The number of anilines is 1. The number of benzene rings is 1. The van der Waals surface area contributed by atoms with Crippen molar-refractivity contribution in [3.63, 3.8) is 0 Å². The quantitative estimate of drug-likeness (QED) is 0.748. The van der Waals surface area contributed by atoms with Crippen molar-refractivity contribution in [3.05, 3.63) is 44.8 Å². The van der Waals surface area contributed by atoms with E-state index in [2.05, 4.69) is 12.2 Å².